The van der Waals surface area contributed by atoms with Crippen molar-refractivity contribution in [1.82, 2.24) is 0 Å². The monoisotopic (exact) mass is 278 g/mol. The number of piperazine rings is 1. The van der Waals surface area contributed by atoms with Crippen molar-refractivity contribution >= 4 is 22.3 Å². The first-order valence-electron chi connectivity index (χ1n) is 7.43. The number of rotatable bonds is 2. The molecule has 1 aliphatic heterocycles. The second kappa shape index (κ2) is 5.17. The highest BCUT2D eigenvalue weighted by Crippen LogP contribution is 2.29. The Hall–Kier alpha value is -2.42. The van der Waals surface area contributed by atoms with Crippen LogP contribution in [0.2, 0.25) is 0 Å². The first-order chi connectivity index (χ1) is 10.4. The fourth-order valence-corrected chi connectivity index (χ4v) is 3.10. The zero-order valence-electron chi connectivity index (χ0n) is 11.9. The van der Waals surface area contributed by atoms with Crippen molar-refractivity contribution < 1.29 is 4.42 Å². The van der Waals surface area contributed by atoms with E-state index in [4.69, 9.17) is 4.42 Å². The standard InChI is InChI=1S/C18H18N2O/c1-2-5-15(6-3-1)19-10-12-20(13-11-19)17-7-4-8-18-16(17)9-14-21-18/h1-9,14H,10-13H2. The van der Waals surface area contributed by atoms with Crippen LogP contribution in [0, 0.1) is 0 Å². The Bertz CT molecular complexity index is 727. The minimum Gasteiger partial charge on any atom is -0.464 e. The molecule has 0 atom stereocenters. The highest BCUT2D eigenvalue weighted by molar-refractivity contribution is 5.91. The van der Waals surface area contributed by atoms with Crippen molar-refractivity contribution in [2.45, 2.75) is 0 Å². The predicted molar refractivity (Wildman–Crippen MR) is 87.1 cm³/mol. The highest BCUT2D eigenvalue weighted by Gasteiger charge is 2.19. The van der Waals surface area contributed by atoms with Crippen molar-refractivity contribution in [3.8, 4) is 0 Å². The summed E-state index contributed by atoms with van der Waals surface area (Å²) in [5, 5.41) is 1.21. The summed E-state index contributed by atoms with van der Waals surface area (Å²) in [6, 6.07) is 19.0. The van der Waals surface area contributed by atoms with Gasteiger partial charge in [0.05, 0.1) is 6.26 Å². The van der Waals surface area contributed by atoms with Crippen LogP contribution in [-0.2, 0) is 0 Å². The third-order valence-electron chi connectivity index (χ3n) is 4.21. The largest absolute Gasteiger partial charge is 0.464 e. The van der Waals surface area contributed by atoms with Crippen LogP contribution in [-0.4, -0.2) is 26.2 Å². The number of anilines is 2. The van der Waals surface area contributed by atoms with Gasteiger partial charge in [-0.1, -0.05) is 24.3 Å². The lowest BCUT2D eigenvalue weighted by Gasteiger charge is -2.37. The zero-order chi connectivity index (χ0) is 14.1. The number of hydrogen-bond acceptors (Lipinski definition) is 3. The maximum atomic E-state index is 5.50. The van der Waals surface area contributed by atoms with Crippen LogP contribution >= 0.6 is 0 Å². The molecule has 3 aromatic rings. The molecule has 0 saturated carbocycles. The lowest BCUT2D eigenvalue weighted by molar-refractivity contribution is 0.615. The Morgan fingerprint density at radius 1 is 0.714 bits per heavy atom. The molecule has 0 spiro atoms. The van der Waals surface area contributed by atoms with Crippen molar-refractivity contribution in [3.05, 3.63) is 60.9 Å². The number of fused-ring (bicyclic) bond motifs is 1. The zero-order valence-corrected chi connectivity index (χ0v) is 11.9. The van der Waals surface area contributed by atoms with Crippen LogP contribution in [0.15, 0.2) is 65.3 Å². The van der Waals surface area contributed by atoms with E-state index in [0.29, 0.717) is 0 Å². The molecule has 0 N–H and O–H groups in total. The summed E-state index contributed by atoms with van der Waals surface area (Å²) in [6.07, 6.45) is 1.77. The number of nitrogens with zero attached hydrogens (tertiary/aromatic N) is 2. The van der Waals surface area contributed by atoms with E-state index < -0.39 is 0 Å². The lowest BCUT2D eigenvalue weighted by Crippen LogP contribution is -2.46. The van der Waals surface area contributed by atoms with E-state index in [0.717, 1.165) is 31.8 Å². The number of furan rings is 1. The Labute approximate surface area is 124 Å². The summed E-state index contributed by atoms with van der Waals surface area (Å²) in [5.74, 6) is 0. The van der Waals surface area contributed by atoms with Gasteiger partial charge in [0.15, 0.2) is 0 Å². The number of benzene rings is 2. The summed E-state index contributed by atoms with van der Waals surface area (Å²) in [5.41, 5.74) is 3.57. The molecule has 3 nitrogen and oxygen atoms in total. The van der Waals surface area contributed by atoms with Gasteiger partial charge in [0, 0.05) is 42.9 Å². The average molecular weight is 278 g/mol. The SMILES string of the molecule is c1ccc(N2CCN(c3cccc4occc34)CC2)cc1. The topological polar surface area (TPSA) is 19.6 Å². The van der Waals surface area contributed by atoms with Gasteiger partial charge in [-0.25, -0.2) is 0 Å². The second-order valence-electron chi connectivity index (χ2n) is 5.42. The summed E-state index contributed by atoms with van der Waals surface area (Å²) in [4.78, 5) is 4.91. The molecule has 1 aliphatic rings. The van der Waals surface area contributed by atoms with Crippen LogP contribution in [0.1, 0.15) is 0 Å². The van der Waals surface area contributed by atoms with Crippen molar-refractivity contribution in [3.63, 3.8) is 0 Å². The van der Waals surface area contributed by atoms with Crippen LogP contribution in [0.5, 0.6) is 0 Å². The van der Waals surface area contributed by atoms with E-state index in [-0.39, 0.29) is 0 Å². The third-order valence-corrected chi connectivity index (χ3v) is 4.21. The molecule has 0 unspecified atom stereocenters. The first kappa shape index (κ1) is 12.3. The maximum absolute atomic E-state index is 5.50. The van der Waals surface area contributed by atoms with Gasteiger partial charge >= 0.3 is 0 Å². The summed E-state index contributed by atoms with van der Waals surface area (Å²) in [7, 11) is 0. The van der Waals surface area contributed by atoms with Gasteiger partial charge in [-0.3, -0.25) is 0 Å². The molecular weight excluding hydrogens is 260 g/mol. The Balaban J connectivity index is 1.54. The highest BCUT2D eigenvalue weighted by atomic mass is 16.3. The van der Waals surface area contributed by atoms with Gasteiger partial charge in [-0.15, -0.1) is 0 Å². The lowest BCUT2D eigenvalue weighted by atomic mass is 10.1. The summed E-state index contributed by atoms with van der Waals surface area (Å²) >= 11 is 0. The van der Waals surface area contributed by atoms with E-state index in [2.05, 4.69) is 58.3 Å². The molecule has 1 fully saturated rings. The number of hydrogen-bond donors (Lipinski definition) is 0. The Morgan fingerprint density at radius 2 is 1.48 bits per heavy atom. The maximum Gasteiger partial charge on any atom is 0.135 e. The predicted octanol–water partition coefficient (Wildman–Crippen LogP) is 3.76. The molecule has 1 aromatic heterocycles. The van der Waals surface area contributed by atoms with E-state index in [1.54, 1.807) is 6.26 Å². The molecule has 0 aliphatic carbocycles. The van der Waals surface area contributed by atoms with E-state index in [1.807, 2.05) is 6.07 Å². The van der Waals surface area contributed by atoms with Gasteiger partial charge < -0.3 is 14.2 Å². The van der Waals surface area contributed by atoms with E-state index in [9.17, 15) is 0 Å². The molecule has 0 amide bonds. The van der Waals surface area contributed by atoms with Gasteiger partial charge in [0.1, 0.15) is 5.58 Å². The Morgan fingerprint density at radius 3 is 2.29 bits per heavy atom. The van der Waals surface area contributed by atoms with Crippen LogP contribution < -0.4 is 9.80 Å². The fourth-order valence-electron chi connectivity index (χ4n) is 3.10. The van der Waals surface area contributed by atoms with Crippen LogP contribution in [0.3, 0.4) is 0 Å². The van der Waals surface area contributed by atoms with Crippen molar-refractivity contribution in [1.29, 1.82) is 0 Å². The van der Waals surface area contributed by atoms with Crippen LogP contribution in [0.25, 0.3) is 11.0 Å². The van der Waals surface area contributed by atoms with E-state index >= 15 is 0 Å². The fraction of sp³-hybridized carbons (Fsp3) is 0.222. The minimum atomic E-state index is 0.970. The van der Waals surface area contributed by atoms with Gasteiger partial charge in [0.2, 0.25) is 0 Å². The van der Waals surface area contributed by atoms with Crippen molar-refractivity contribution in [2.75, 3.05) is 36.0 Å². The molecule has 21 heavy (non-hydrogen) atoms. The van der Waals surface area contributed by atoms with Gasteiger partial charge in [-0.2, -0.15) is 0 Å². The smallest absolute Gasteiger partial charge is 0.135 e. The molecule has 3 heteroatoms. The van der Waals surface area contributed by atoms with Gasteiger partial charge in [-0.05, 0) is 30.3 Å². The molecule has 4 rings (SSSR count). The molecule has 2 heterocycles. The molecule has 2 aromatic carbocycles. The molecule has 106 valence electrons. The Kier molecular flexibility index (Phi) is 3.03. The second-order valence-corrected chi connectivity index (χ2v) is 5.42. The third kappa shape index (κ3) is 2.25. The van der Waals surface area contributed by atoms with Crippen molar-refractivity contribution in [2.24, 2.45) is 0 Å². The molecular formula is C18H18N2O. The minimum absolute atomic E-state index is 0.970. The average Bonchev–Trinajstić information content (AvgIpc) is 3.04. The molecule has 0 bridgehead atoms. The van der Waals surface area contributed by atoms with Gasteiger partial charge in [0.25, 0.3) is 0 Å². The quantitative estimate of drug-likeness (QED) is 0.711. The first-order valence-corrected chi connectivity index (χ1v) is 7.43. The number of para-hydroxylation sites is 1. The van der Waals surface area contributed by atoms with E-state index in [1.165, 1.54) is 16.8 Å². The van der Waals surface area contributed by atoms with Crippen LogP contribution in [0.4, 0.5) is 11.4 Å². The molecule has 0 radical (unpaired) electrons. The molecule has 1 saturated heterocycles. The summed E-state index contributed by atoms with van der Waals surface area (Å²) < 4.78 is 5.50. The summed E-state index contributed by atoms with van der Waals surface area (Å²) in [6.45, 7) is 4.19. The normalized spacial score (nSPS) is 15.6.